The first kappa shape index (κ1) is 14.1. The maximum atomic E-state index is 11.2. The first-order chi connectivity index (χ1) is 9.04. The Morgan fingerprint density at radius 3 is 3.00 bits per heavy atom. The van der Waals surface area contributed by atoms with Crippen LogP contribution in [0.4, 0.5) is 0 Å². The molecule has 0 aromatic heterocycles. The largest absolute Gasteiger partial charge is 0.478 e. The van der Waals surface area contributed by atoms with Crippen molar-refractivity contribution < 1.29 is 24.1 Å². The van der Waals surface area contributed by atoms with Crippen molar-refractivity contribution in [3.8, 4) is 0 Å². The zero-order valence-electron chi connectivity index (χ0n) is 11.5. The van der Waals surface area contributed by atoms with Gasteiger partial charge in [-0.15, -0.1) is 0 Å². The molecule has 2 rings (SSSR count). The van der Waals surface area contributed by atoms with Crippen molar-refractivity contribution in [3.63, 3.8) is 0 Å². The quantitative estimate of drug-likeness (QED) is 0.612. The number of hydrogen-bond donors (Lipinski definition) is 1. The van der Waals surface area contributed by atoms with Gasteiger partial charge in [-0.05, 0) is 27.2 Å². The lowest BCUT2D eigenvalue weighted by Crippen LogP contribution is -2.38. The molecule has 0 radical (unpaired) electrons. The van der Waals surface area contributed by atoms with Crippen molar-refractivity contribution in [2.45, 2.75) is 39.8 Å². The predicted octanol–water partition coefficient (Wildman–Crippen LogP) is 2.29. The molecule has 4 atom stereocenters. The molecule has 0 bridgehead atoms. The van der Waals surface area contributed by atoms with Gasteiger partial charge in [-0.2, -0.15) is 0 Å². The third-order valence-corrected chi connectivity index (χ3v) is 3.65. The van der Waals surface area contributed by atoms with Crippen molar-refractivity contribution in [2.24, 2.45) is 11.8 Å². The van der Waals surface area contributed by atoms with Gasteiger partial charge in [0.1, 0.15) is 0 Å². The standard InChI is InChI=1S/C14H20O5/c1-4-17-9(3)19-14-12-8(2)5-6-10(12)11(7-18-14)13(15)16/h5,7,9-10,12,14H,4,6H2,1-3H3,(H,15,16). The van der Waals surface area contributed by atoms with Gasteiger partial charge in [0.05, 0.1) is 11.8 Å². The van der Waals surface area contributed by atoms with Crippen LogP contribution in [0.3, 0.4) is 0 Å². The van der Waals surface area contributed by atoms with E-state index in [1.807, 2.05) is 20.8 Å². The highest BCUT2D eigenvalue weighted by Crippen LogP contribution is 2.43. The Balaban J connectivity index is 2.13. The molecule has 19 heavy (non-hydrogen) atoms. The molecular weight excluding hydrogens is 248 g/mol. The van der Waals surface area contributed by atoms with Crippen molar-refractivity contribution in [3.05, 3.63) is 23.5 Å². The average Bonchev–Trinajstić information content (AvgIpc) is 2.72. The number of hydrogen-bond acceptors (Lipinski definition) is 4. The van der Waals surface area contributed by atoms with Gasteiger partial charge in [0, 0.05) is 18.4 Å². The Morgan fingerprint density at radius 2 is 2.37 bits per heavy atom. The summed E-state index contributed by atoms with van der Waals surface area (Å²) < 4.78 is 16.5. The van der Waals surface area contributed by atoms with E-state index in [4.69, 9.17) is 14.2 Å². The molecule has 1 heterocycles. The molecule has 0 saturated carbocycles. The van der Waals surface area contributed by atoms with E-state index in [9.17, 15) is 9.90 Å². The number of allylic oxidation sites excluding steroid dienone is 1. The zero-order chi connectivity index (χ0) is 14.0. The Bertz CT molecular complexity index is 412. The van der Waals surface area contributed by atoms with Crippen LogP contribution < -0.4 is 0 Å². The number of carbonyl (C=O) groups is 1. The summed E-state index contributed by atoms with van der Waals surface area (Å²) in [6.07, 6.45) is 3.25. The average molecular weight is 268 g/mol. The van der Waals surface area contributed by atoms with Gasteiger partial charge in [-0.25, -0.2) is 4.79 Å². The highest BCUT2D eigenvalue weighted by molar-refractivity contribution is 5.87. The molecule has 0 fully saturated rings. The molecule has 4 unspecified atom stereocenters. The van der Waals surface area contributed by atoms with Gasteiger partial charge in [0.2, 0.25) is 6.29 Å². The SMILES string of the molecule is CCOC(C)OC1OC=C(C(=O)O)C2CC=C(C)C12. The lowest BCUT2D eigenvalue weighted by molar-refractivity contribution is -0.242. The molecule has 106 valence electrons. The summed E-state index contributed by atoms with van der Waals surface area (Å²) in [6, 6.07) is 0. The summed E-state index contributed by atoms with van der Waals surface area (Å²) >= 11 is 0. The van der Waals surface area contributed by atoms with E-state index in [2.05, 4.69) is 6.08 Å². The van der Waals surface area contributed by atoms with Crippen LogP contribution in [0.2, 0.25) is 0 Å². The first-order valence-electron chi connectivity index (χ1n) is 6.57. The second-order valence-corrected chi connectivity index (χ2v) is 4.86. The summed E-state index contributed by atoms with van der Waals surface area (Å²) in [7, 11) is 0. The van der Waals surface area contributed by atoms with Gasteiger partial charge >= 0.3 is 5.97 Å². The number of fused-ring (bicyclic) bond motifs is 1. The molecule has 5 heteroatoms. The van der Waals surface area contributed by atoms with Crippen molar-refractivity contribution in [1.29, 1.82) is 0 Å². The van der Waals surface area contributed by atoms with Gasteiger partial charge in [-0.1, -0.05) is 11.6 Å². The van der Waals surface area contributed by atoms with Crippen LogP contribution in [0.5, 0.6) is 0 Å². The van der Waals surface area contributed by atoms with Crippen LogP contribution in [0, 0.1) is 11.8 Å². The van der Waals surface area contributed by atoms with Crippen LogP contribution >= 0.6 is 0 Å². The van der Waals surface area contributed by atoms with E-state index in [1.165, 1.54) is 6.26 Å². The lowest BCUT2D eigenvalue weighted by atomic mass is 9.84. The number of ether oxygens (including phenoxy) is 3. The maximum Gasteiger partial charge on any atom is 0.335 e. The van der Waals surface area contributed by atoms with E-state index in [-0.39, 0.29) is 18.1 Å². The Morgan fingerprint density at radius 1 is 1.63 bits per heavy atom. The summed E-state index contributed by atoms with van der Waals surface area (Å²) in [5.41, 5.74) is 1.44. The highest BCUT2D eigenvalue weighted by Gasteiger charge is 2.43. The Labute approximate surface area is 112 Å². The minimum Gasteiger partial charge on any atom is -0.478 e. The first-order valence-corrected chi connectivity index (χ1v) is 6.57. The van der Waals surface area contributed by atoms with Crippen molar-refractivity contribution in [1.82, 2.24) is 0 Å². The summed E-state index contributed by atoms with van der Waals surface area (Å²) in [5.74, 6) is -1.03. The zero-order valence-corrected chi connectivity index (χ0v) is 11.5. The van der Waals surface area contributed by atoms with Gasteiger partial charge in [0.15, 0.2) is 6.29 Å². The molecule has 1 aliphatic carbocycles. The summed E-state index contributed by atoms with van der Waals surface area (Å²) in [6.45, 7) is 6.26. The van der Waals surface area contributed by atoms with Gasteiger partial charge in [0.25, 0.3) is 0 Å². The number of carboxylic acid groups (broad SMARTS) is 1. The molecule has 0 saturated heterocycles. The molecular formula is C14H20O5. The summed E-state index contributed by atoms with van der Waals surface area (Å²) in [5, 5.41) is 9.19. The van der Waals surface area contributed by atoms with Crippen LogP contribution in [0.1, 0.15) is 27.2 Å². The monoisotopic (exact) mass is 268 g/mol. The lowest BCUT2D eigenvalue weighted by Gasteiger charge is -2.35. The third kappa shape index (κ3) is 2.82. The molecule has 2 aliphatic rings. The molecule has 0 aromatic rings. The van der Waals surface area contributed by atoms with E-state index in [1.54, 1.807) is 0 Å². The third-order valence-electron chi connectivity index (χ3n) is 3.65. The topological polar surface area (TPSA) is 65.0 Å². The Hall–Kier alpha value is -1.33. The van der Waals surface area contributed by atoms with Crippen LogP contribution in [-0.4, -0.2) is 30.3 Å². The molecule has 1 N–H and O–H groups in total. The maximum absolute atomic E-state index is 11.2. The molecule has 1 aliphatic heterocycles. The van der Waals surface area contributed by atoms with Gasteiger partial charge < -0.3 is 19.3 Å². The highest BCUT2D eigenvalue weighted by atomic mass is 16.8. The van der Waals surface area contributed by atoms with E-state index in [0.717, 1.165) is 12.0 Å². The second-order valence-electron chi connectivity index (χ2n) is 4.86. The minimum atomic E-state index is -0.922. The predicted molar refractivity (Wildman–Crippen MR) is 68.1 cm³/mol. The van der Waals surface area contributed by atoms with Gasteiger partial charge in [-0.3, -0.25) is 0 Å². The summed E-state index contributed by atoms with van der Waals surface area (Å²) in [4.78, 5) is 11.2. The van der Waals surface area contributed by atoms with E-state index in [0.29, 0.717) is 12.2 Å². The molecule has 0 spiro atoms. The Kier molecular flexibility index (Phi) is 4.27. The fraction of sp³-hybridized carbons (Fsp3) is 0.643. The van der Waals surface area contributed by atoms with Crippen LogP contribution in [0.15, 0.2) is 23.5 Å². The number of rotatable bonds is 5. The van der Waals surface area contributed by atoms with Crippen LogP contribution in [0.25, 0.3) is 0 Å². The minimum absolute atomic E-state index is 0.0426. The fourth-order valence-corrected chi connectivity index (χ4v) is 2.74. The fourth-order valence-electron chi connectivity index (χ4n) is 2.74. The molecule has 5 nitrogen and oxygen atoms in total. The van der Waals surface area contributed by atoms with Crippen LogP contribution in [-0.2, 0) is 19.0 Å². The number of aliphatic carboxylic acids is 1. The smallest absolute Gasteiger partial charge is 0.335 e. The number of carboxylic acids is 1. The molecule has 0 aromatic carbocycles. The van der Waals surface area contributed by atoms with Crippen molar-refractivity contribution >= 4 is 5.97 Å². The van der Waals surface area contributed by atoms with E-state index >= 15 is 0 Å². The second kappa shape index (κ2) is 5.75. The van der Waals surface area contributed by atoms with E-state index < -0.39 is 12.3 Å². The van der Waals surface area contributed by atoms with Crippen molar-refractivity contribution in [2.75, 3.05) is 6.61 Å². The normalized spacial score (nSPS) is 31.0. The molecule has 0 amide bonds.